The third-order valence-corrected chi connectivity index (χ3v) is 3.34. The van der Waals surface area contributed by atoms with E-state index in [1.807, 2.05) is 6.92 Å². The summed E-state index contributed by atoms with van der Waals surface area (Å²) in [5, 5.41) is 14.8. The Morgan fingerprint density at radius 3 is 2.60 bits per heavy atom. The van der Waals surface area contributed by atoms with Gasteiger partial charge in [-0.15, -0.1) is 0 Å². The van der Waals surface area contributed by atoms with Crippen LogP contribution >= 0.6 is 0 Å². The summed E-state index contributed by atoms with van der Waals surface area (Å²) in [6, 6.07) is 9.54. The predicted molar refractivity (Wildman–Crippen MR) is 75.1 cm³/mol. The van der Waals surface area contributed by atoms with E-state index in [9.17, 15) is 9.50 Å². The van der Waals surface area contributed by atoms with Crippen molar-refractivity contribution < 1.29 is 14.0 Å². The molecule has 4 heteroatoms. The van der Waals surface area contributed by atoms with Crippen LogP contribution in [0.15, 0.2) is 40.9 Å². The van der Waals surface area contributed by atoms with Crippen LogP contribution in [0.25, 0.3) is 22.2 Å². The van der Waals surface area contributed by atoms with Gasteiger partial charge in [-0.2, -0.15) is 0 Å². The average Bonchev–Trinajstić information content (AvgIpc) is 2.87. The molecule has 0 aliphatic rings. The number of benzene rings is 2. The summed E-state index contributed by atoms with van der Waals surface area (Å²) in [5.74, 6) is -0.0629. The molecule has 3 nitrogen and oxygen atoms in total. The van der Waals surface area contributed by atoms with Gasteiger partial charge in [0, 0.05) is 11.1 Å². The molecular weight excluding hydrogens is 257 g/mol. The number of nitrogens with zero attached hydrogens (tertiary/aromatic N) is 1. The second-order valence-electron chi connectivity index (χ2n) is 4.73. The van der Waals surface area contributed by atoms with Crippen molar-refractivity contribution in [2.45, 2.75) is 19.8 Å². The first-order valence-corrected chi connectivity index (χ1v) is 6.57. The number of phenolic OH excluding ortho intramolecular Hbond substituents is 1. The number of halogens is 1. The van der Waals surface area contributed by atoms with Crippen LogP contribution in [0.4, 0.5) is 4.39 Å². The van der Waals surface area contributed by atoms with Crippen LogP contribution in [-0.4, -0.2) is 10.3 Å². The summed E-state index contributed by atoms with van der Waals surface area (Å²) in [6.45, 7) is 2.04. The molecule has 0 spiro atoms. The highest BCUT2D eigenvalue weighted by molar-refractivity contribution is 5.94. The Morgan fingerprint density at radius 2 is 1.90 bits per heavy atom. The van der Waals surface area contributed by atoms with Gasteiger partial charge in [0.1, 0.15) is 17.3 Å². The summed E-state index contributed by atoms with van der Waals surface area (Å²) >= 11 is 0. The van der Waals surface area contributed by atoms with E-state index < -0.39 is 0 Å². The van der Waals surface area contributed by atoms with E-state index >= 15 is 0 Å². The lowest BCUT2D eigenvalue weighted by Crippen LogP contribution is -1.85. The van der Waals surface area contributed by atoms with Gasteiger partial charge in [0.05, 0.1) is 5.39 Å². The van der Waals surface area contributed by atoms with Crippen molar-refractivity contribution in [3.63, 3.8) is 0 Å². The standard InChI is InChI=1S/C16H14FNO2/c1-2-3-12-14(19)9-8-13-15(18-20-16(12)13)10-4-6-11(17)7-5-10/h4-9,19H,2-3H2,1H3. The minimum absolute atomic E-state index is 0.223. The maximum Gasteiger partial charge on any atom is 0.174 e. The first-order chi connectivity index (χ1) is 9.70. The van der Waals surface area contributed by atoms with Crippen LogP contribution in [0.1, 0.15) is 18.9 Å². The second kappa shape index (κ2) is 4.96. The third-order valence-electron chi connectivity index (χ3n) is 3.34. The molecule has 1 heterocycles. The van der Waals surface area contributed by atoms with Gasteiger partial charge in [-0.25, -0.2) is 4.39 Å². The normalized spacial score (nSPS) is 11.1. The highest BCUT2D eigenvalue weighted by atomic mass is 19.1. The Hall–Kier alpha value is -2.36. The van der Waals surface area contributed by atoms with E-state index in [4.69, 9.17) is 4.52 Å². The number of hydrogen-bond acceptors (Lipinski definition) is 3. The zero-order valence-corrected chi connectivity index (χ0v) is 11.1. The zero-order chi connectivity index (χ0) is 14.1. The number of rotatable bonds is 3. The molecule has 0 amide bonds. The Bertz CT molecular complexity index is 747. The van der Waals surface area contributed by atoms with E-state index in [1.165, 1.54) is 12.1 Å². The molecule has 3 aromatic rings. The molecule has 0 unspecified atom stereocenters. The van der Waals surface area contributed by atoms with Crippen molar-refractivity contribution >= 4 is 11.0 Å². The van der Waals surface area contributed by atoms with Crippen molar-refractivity contribution in [3.05, 3.63) is 47.8 Å². The van der Waals surface area contributed by atoms with Crippen molar-refractivity contribution in [1.82, 2.24) is 5.16 Å². The lowest BCUT2D eigenvalue weighted by atomic mass is 10.0. The van der Waals surface area contributed by atoms with E-state index in [-0.39, 0.29) is 11.6 Å². The fourth-order valence-corrected chi connectivity index (χ4v) is 2.36. The van der Waals surface area contributed by atoms with Crippen LogP contribution in [0.2, 0.25) is 0 Å². The first kappa shape index (κ1) is 12.7. The summed E-state index contributed by atoms with van der Waals surface area (Å²) in [4.78, 5) is 0. The molecule has 0 saturated carbocycles. The SMILES string of the molecule is CCCc1c(O)ccc2c(-c3ccc(F)cc3)noc12. The quantitative estimate of drug-likeness (QED) is 0.772. The molecule has 0 aliphatic heterocycles. The maximum absolute atomic E-state index is 13.0. The third kappa shape index (κ3) is 2.03. The van der Waals surface area contributed by atoms with E-state index in [1.54, 1.807) is 24.3 Å². The summed E-state index contributed by atoms with van der Waals surface area (Å²) in [5.41, 5.74) is 2.83. The molecule has 0 bridgehead atoms. The Labute approximate surface area is 115 Å². The van der Waals surface area contributed by atoms with Crippen LogP contribution in [0.3, 0.4) is 0 Å². The van der Waals surface area contributed by atoms with Gasteiger partial charge in [0.25, 0.3) is 0 Å². The van der Waals surface area contributed by atoms with Crippen LogP contribution in [0.5, 0.6) is 5.75 Å². The number of aromatic nitrogens is 1. The Kier molecular flexibility index (Phi) is 3.14. The fraction of sp³-hybridized carbons (Fsp3) is 0.188. The molecule has 102 valence electrons. The van der Waals surface area contributed by atoms with Gasteiger partial charge in [0.2, 0.25) is 0 Å². The molecule has 0 atom stereocenters. The van der Waals surface area contributed by atoms with E-state index in [2.05, 4.69) is 5.16 Å². The molecule has 1 aromatic heterocycles. The lowest BCUT2D eigenvalue weighted by Gasteiger charge is -2.03. The van der Waals surface area contributed by atoms with E-state index in [0.717, 1.165) is 29.4 Å². The first-order valence-electron chi connectivity index (χ1n) is 6.57. The topological polar surface area (TPSA) is 46.3 Å². The summed E-state index contributed by atoms with van der Waals surface area (Å²) in [6.07, 6.45) is 1.63. The zero-order valence-electron chi connectivity index (χ0n) is 11.1. The fourth-order valence-electron chi connectivity index (χ4n) is 2.36. The highest BCUT2D eigenvalue weighted by Gasteiger charge is 2.16. The van der Waals surface area contributed by atoms with Crippen molar-refractivity contribution in [2.24, 2.45) is 0 Å². The minimum Gasteiger partial charge on any atom is -0.508 e. The molecule has 0 saturated heterocycles. The summed E-state index contributed by atoms with van der Waals surface area (Å²) < 4.78 is 18.4. The minimum atomic E-state index is -0.286. The van der Waals surface area contributed by atoms with Gasteiger partial charge in [-0.3, -0.25) is 0 Å². The van der Waals surface area contributed by atoms with Gasteiger partial charge in [-0.1, -0.05) is 18.5 Å². The van der Waals surface area contributed by atoms with Crippen LogP contribution < -0.4 is 0 Å². The largest absolute Gasteiger partial charge is 0.508 e. The number of aryl methyl sites for hydroxylation is 1. The lowest BCUT2D eigenvalue weighted by molar-refractivity contribution is 0.444. The molecule has 0 fully saturated rings. The Morgan fingerprint density at radius 1 is 1.15 bits per heavy atom. The Balaban J connectivity index is 2.19. The van der Waals surface area contributed by atoms with Crippen molar-refractivity contribution in [3.8, 4) is 17.0 Å². The molecular formula is C16H14FNO2. The molecule has 0 radical (unpaired) electrons. The highest BCUT2D eigenvalue weighted by Crippen LogP contribution is 2.34. The van der Waals surface area contributed by atoms with E-state index in [0.29, 0.717) is 11.3 Å². The molecule has 1 N–H and O–H groups in total. The molecule has 3 rings (SSSR count). The maximum atomic E-state index is 13.0. The predicted octanol–water partition coefficient (Wildman–Crippen LogP) is 4.29. The second-order valence-corrected chi connectivity index (χ2v) is 4.73. The molecule has 0 aliphatic carbocycles. The van der Waals surface area contributed by atoms with Crippen molar-refractivity contribution in [1.29, 1.82) is 0 Å². The van der Waals surface area contributed by atoms with Gasteiger partial charge in [0.15, 0.2) is 5.58 Å². The van der Waals surface area contributed by atoms with Gasteiger partial charge < -0.3 is 9.63 Å². The van der Waals surface area contributed by atoms with Crippen LogP contribution in [0, 0.1) is 5.82 Å². The van der Waals surface area contributed by atoms with Gasteiger partial charge >= 0.3 is 0 Å². The monoisotopic (exact) mass is 271 g/mol. The number of fused-ring (bicyclic) bond motifs is 1. The summed E-state index contributed by atoms with van der Waals surface area (Å²) in [7, 11) is 0. The number of aromatic hydroxyl groups is 1. The average molecular weight is 271 g/mol. The number of phenols is 1. The van der Waals surface area contributed by atoms with Crippen molar-refractivity contribution in [2.75, 3.05) is 0 Å². The number of hydrogen-bond donors (Lipinski definition) is 1. The molecule has 2 aromatic carbocycles. The molecule has 20 heavy (non-hydrogen) atoms. The van der Waals surface area contributed by atoms with Crippen LogP contribution in [-0.2, 0) is 6.42 Å². The van der Waals surface area contributed by atoms with Gasteiger partial charge in [-0.05, 0) is 42.8 Å². The smallest absolute Gasteiger partial charge is 0.174 e.